The molecule has 2 N–H and O–H groups in total. The molecule has 1 atom stereocenters. The van der Waals surface area contributed by atoms with Gasteiger partial charge in [0.15, 0.2) is 0 Å². The third-order valence-electron chi connectivity index (χ3n) is 2.94. The molecule has 0 spiro atoms. The molecule has 0 aliphatic heterocycles. The van der Waals surface area contributed by atoms with Crippen molar-refractivity contribution < 1.29 is 13.2 Å². The molecule has 0 bridgehead atoms. The van der Waals surface area contributed by atoms with Gasteiger partial charge in [-0.2, -0.15) is 13.2 Å². The van der Waals surface area contributed by atoms with Crippen LogP contribution in [0.2, 0.25) is 0 Å². The van der Waals surface area contributed by atoms with E-state index in [0.717, 1.165) is 12.3 Å². The molecule has 2 aromatic carbocycles. The summed E-state index contributed by atoms with van der Waals surface area (Å²) in [5.41, 5.74) is 3.22. The molecule has 0 aliphatic carbocycles. The number of fused-ring (bicyclic) bond motifs is 1. The van der Waals surface area contributed by atoms with E-state index in [2.05, 4.69) is 0 Å². The largest absolute Gasteiger partial charge is 0.410 e. The Morgan fingerprint density at radius 1 is 0.941 bits per heavy atom. The van der Waals surface area contributed by atoms with Crippen LogP contribution in [-0.2, 0) is 5.54 Å². The molecule has 0 radical (unpaired) electrons. The van der Waals surface area contributed by atoms with Crippen LogP contribution in [0.15, 0.2) is 42.5 Å². The van der Waals surface area contributed by atoms with Crippen molar-refractivity contribution in [2.45, 2.75) is 18.6 Å². The maximum Gasteiger partial charge on any atom is 0.410 e. The van der Waals surface area contributed by atoms with E-state index in [0.29, 0.717) is 5.39 Å². The van der Waals surface area contributed by atoms with Gasteiger partial charge in [-0.3, -0.25) is 0 Å². The Morgan fingerprint density at radius 3 is 2.18 bits per heavy atom. The summed E-state index contributed by atoms with van der Waals surface area (Å²) >= 11 is 0. The first-order chi connectivity index (χ1) is 7.84. The number of nitrogens with two attached hydrogens (primary N) is 1. The highest BCUT2D eigenvalue weighted by Crippen LogP contribution is 2.39. The Hall–Kier alpha value is -1.55. The number of halogens is 3. The van der Waals surface area contributed by atoms with Gasteiger partial charge in [-0.15, -0.1) is 0 Å². The lowest BCUT2D eigenvalue weighted by molar-refractivity contribution is -0.183. The summed E-state index contributed by atoms with van der Waals surface area (Å²) in [4.78, 5) is 0. The average Bonchev–Trinajstić information content (AvgIpc) is 2.26. The highest BCUT2D eigenvalue weighted by atomic mass is 19.4. The maximum atomic E-state index is 12.9. The van der Waals surface area contributed by atoms with Gasteiger partial charge in [0, 0.05) is 0 Å². The van der Waals surface area contributed by atoms with E-state index in [1.807, 2.05) is 0 Å². The zero-order chi connectivity index (χ0) is 12.7. The van der Waals surface area contributed by atoms with Crippen molar-refractivity contribution in [3.8, 4) is 0 Å². The standard InChI is InChI=1S/C13H12F3N/c1-12(17,13(14,15)16)11-8-4-6-9-5-2-3-7-10(9)11/h2-8H,17H2,1H3. The van der Waals surface area contributed by atoms with Crippen molar-refractivity contribution >= 4 is 10.8 Å². The van der Waals surface area contributed by atoms with Crippen molar-refractivity contribution in [3.05, 3.63) is 48.0 Å². The second-order valence-electron chi connectivity index (χ2n) is 4.23. The lowest BCUT2D eigenvalue weighted by Crippen LogP contribution is -2.47. The van der Waals surface area contributed by atoms with Crippen molar-refractivity contribution in [1.29, 1.82) is 0 Å². The van der Waals surface area contributed by atoms with E-state index >= 15 is 0 Å². The van der Waals surface area contributed by atoms with Crippen molar-refractivity contribution in [2.24, 2.45) is 5.73 Å². The maximum absolute atomic E-state index is 12.9. The zero-order valence-electron chi connectivity index (χ0n) is 9.25. The lowest BCUT2D eigenvalue weighted by Gasteiger charge is -2.29. The van der Waals surface area contributed by atoms with E-state index in [1.54, 1.807) is 36.4 Å². The molecule has 2 rings (SSSR count). The van der Waals surface area contributed by atoms with Crippen LogP contribution in [0, 0.1) is 0 Å². The molecule has 0 heterocycles. The molecule has 2 aromatic rings. The highest BCUT2D eigenvalue weighted by Gasteiger charge is 2.49. The first-order valence-corrected chi connectivity index (χ1v) is 5.18. The topological polar surface area (TPSA) is 26.0 Å². The zero-order valence-corrected chi connectivity index (χ0v) is 9.25. The van der Waals surface area contributed by atoms with Crippen LogP contribution in [-0.4, -0.2) is 6.18 Å². The molecule has 0 aliphatic rings. The summed E-state index contributed by atoms with van der Waals surface area (Å²) in [7, 11) is 0. The second-order valence-corrected chi connectivity index (χ2v) is 4.23. The predicted molar refractivity (Wildman–Crippen MR) is 61.5 cm³/mol. The fraction of sp³-hybridized carbons (Fsp3) is 0.231. The fourth-order valence-corrected chi connectivity index (χ4v) is 1.83. The van der Waals surface area contributed by atoms with Crippen LogP contribution >= 0.6 is 0 Å². The van der Waals surface area contributed by atoms with Gasteiger partial charge in [0.05, 0.1) is 0 Å². The van der Waals surface area contributed by atoms with Crippen LogP contribution in [0.1, 0.15) is 12.5 Å². The van der Waals surface area contributed by atoms with Gasteiger partial charge in [0.25, 0.3) is 0 Å². The van der Waals surface area contributed by atoms with Crippen LogP contribution in [0.5, 0.6) is 0 Å². The predicted octanol–water partition coefficient (Wildman–Crippen LogP) is 3.58. The Morgan fingerprint density at radius 2 is 1.53 bits per heavy atom. The second kappa shape index (κ2) is 3.74. The molecule has 0 fully saturated rings. The Balaban J connectivity index is 2.72. The van der Waals surface area contributed by atoms with Crippen LogP contribution in [0.4, 0.5) is 13.2 Å². The summed E-state index contributed by atoms with van der Waals surface area (Å²) < 4.78 is 38.8. The van der Waals surface area contributed by atoms with Crippen LogP contribution in [0.3, 0.4) is 0 Å². The SMILES string of the molecule is CC(N)(c1cccc2ccccc12)C(F)(F)F. The summed E-state index contributed by atoms with van der Waals surface area (Å²) in [5, 5.41) is 1.29. The van der Waals surface area contributed by atoms with Gasteiger partial charge in [-0.25, -0.2) is 0 Å². The summed E-state index contributed by atoms with van der Waals surface area (Å²) in [6.07, 6.45) is -4.48. The molecular formula is C13H12F3N. The van der Waals surface area contributed by atoms with Crippen molar-refractivity contribution in [2.75, 3.05) is 0 Å². The smallest absolute Gasteiger partial charge is 0.314 e. The number of benzene rings is 2. The summed E-state index contributed by atoms with van der Waals surface area (Å²) in [5.74, 6) is 0. The Kier molecular flexibility index (Phi) is 2.62. The molecule has 1 unspecified atom stereocenters. The van der Waals surface area contributed by atoms with Gasteiger partial charge in [-0.1, -0.05) is 42.5 Å². The van der Waals surface area contributed by atoms with Crippen LogP contribution in [0.25, 0.3) is 10.8 Å². The fourth-order valence-electron chi connectivity index (χ4n) is 1.83. The van der Waals surface area contributed by atoms with Crippen LogP contribution < -0.4 is 5.73 Å². The van der Waals surface area contributed by atoms with E-state index < -0.39 is 11.7 Å². The third kappa shape index (κ3) is 1.89. The summed E-state index contributed by atoms with van der Waals surface area (Å²) in [6.45, 7) is 0.995. The third-order valence-corrected chi connectivity index (χ3v) is 2.94. The number of hydrogen-bond acceptors (Lipinski definition) is 1. The molecule has 0 aromatic heterocycles. The molecule has 4 heteroatoms. The molecule has 0 amide bonds. The molecule has 17 heavy (non-hydrogen) atoms. The molecule has 0 saturated heterocycles. The summed E-state index contributed by atoms with van der Waals surface area (Å²) in [6, 6.07) is 11.7. The molecule has 0 saturated carbocycles. The van der Waals surface area contributed by atoms with Gasteiger partial charge >= 0.3 is 6.18 Å². The molecule has 90 valence electrons. The van der Waals surface area contributed by atoms with E-state index in [4.69, 9.17) is 5.73 Å². The first kappa shape index (κ1) is 11.9. The van der Waals surface area contributed by atoms with E-state index in [1.165, 1.54) is 6.07 Å². The number of hydrogen-bond donors (Lipinski definition) is 1. The minimum absolute atomic E-state index is 0.100. The van der Waals surface area contributed by atoms with Crippen molar-refractivity contribution in [1.82, 2.24) is 0 Å². The van der Waals surface area contributed by atoms with E-state index in [-0.39, 0.29) is 5.56 Å². The minimum Gasteiger partial charge on any atom is -0.314 e. The minimum atomic E-state index is -4.48. The first-order valence-electron chi connectivity index (χ1n) is 5.18. The highest BCUT2D eigenvalue weighted by molar-refractivity contribution is 5.86. The Labute approximate surface area is 97.0 Å². The van der Waals surface area contributed by atoms with Gasteiger partial charge in [0.2, 0.25) is 0 Å². The monoisotopic (exact) mass is 239 g/mol. The van der Waals surface area contributed by atoms with Gasteiger partial charge in [0.1, 0.15) is 5.54 Å². The van der Waals surface area contributed by atoms with E-state index in [9.17, 15) is 13.2 Å². The Bertz CT molecular complexity index is 538. The quantitative estimate of drug-likeness (QED) is 0.808. The number of rotatable bonds is 1. The van der Waals surface area contributed by atoms with Gasteiger partial charge in [-0.05, 0) is 23.3 Å². The van der Waals surface area contributed by atoms with Crippen molar-refractivity contribution in [3.63, 3.8) is 0 Å². The lowest BCUT2D eigenvalue weighted by atomic mass is 9.88. The normalized spacial score (nSPS) is 15.8. The average molecular weight is 239 g/mol. The molecule has 1 nitrogen and oxygen atoms in total. The molecular weight excluding hydrogens is 227 g/mol. The van der Waals surface area contributed by atoms with Gasteiger partial charge < -0.3 is 5.73 Å². The number of alkyl halides is 3.